The van der Waals surface area contributed by atoms with Crippen LogP contribution in [0.2, 0.25) is 0 Å². The third-order valence-corrected chi connectivity index (χ3v) is 6.06. The predicted molar refractivity (Wildman–Crippen MR) is 103 cm³/mol. The predicted octanol–water partition coefficient (Wildman–Crippen LogP) is 2.31. The van der Waals surface area contributed by atoms with Gasteiger partial charge in [-0.3, -0.25) is 9.59 Å². The molecule has 4 rings (SSSR count). The highest BCUT2D eigenvalue weighted by atomic mass is 35.5. The summed E-state index contributed by atoms with van der Waals surface area (Å²) >= 11 is 0. The zero-order valence-electron chi connectivity index (χ0n) is 15.1. The Kier molecular flexibility index (Phi) is 6.20. The highest BCUT2D eigenvalue weighted by molar-refractivity contribution is 5.98. The van der Waals surface area contributed by atoms with Gasteiger partial charge in [-0.05, 0) is 37.3 Å². The van der Waals surface area contributed by atoms with Gasteiger partial charge in [0.15, 0.2) is 0 Å². The molecular weight excluding hydrogens is 350 g/mol. The number of hydrogen-bond donors (Lipinski definition) is 1. The second-order valence-electron chi connectivity index (χ2n) is 7.52. The molecule has 2 amide bonds. The van der Waals surface area contributed by atoms with Crippen molar-refractivity contribution in [2.45, 2.75) is 44.2 Å². The Morgan fingerprint density at radius 3 is 2.42 bits per heavy atom. The van der Waals surface area contributed by atoms with Crippen molar-refractivity contribution in [3.8, 4) is 0 Å². The Bertz CT molecular complexity index is 633. The highest BCUT2D eigenvalue weighted by Gasteiger charge is 2.48. The topological polar surface area (TPSA) is 52.7 Å². The van der Waals surface area contributed by atoms with Crippen LogP contribution in [0.25, 0.3) is 0 Å². The van der Waals surface area contributed by atoms with Gasteiger partial charge in [0.25, 0.3) is 5.91 Å². The quantitative estimate of drug-likeness (QED) is 0.860. The molecule has 2 aliphatic heterocycles. The normalized spacial score (nSPS) is 28.2. The van der Waals surface area contributed by atoms with Crippen LogP contribution in [0.1, 0.15) is 42.5 Å². The van der Waals surface area contributed by atoms with Crippen LogP contribution in [0.3, 0.4) is 0 Å². The molecule has 142 valence electrons. The molecule has 1 N–H and O–H groups in total. The molecule has 3 fully saturated rings. The van der Waals surface area contributed by atoms with E-state index in [-0.39, 0.29) is 36.3 Å². The van der Waals surface area contributed by atoms with Crippen LogP contribution in [0.15, 0.2) is 30.3 Å². The van der Waals surface area contributed by atoms with Gasteiger partial charge in [-0.1, -0.05) is 31.0 Å². The minimum absolute atomic E-state index is 0. The van der Waals surface area contributed by atoms with Crippen LogP contribution >= 0.6 is 12.4 Å². The summed E-state index contributed by atoms with van der Waals surface area (Å²) in [5, 5.41) is 3.30. The van der Waals surface area contributed by atoms with Crippen LogP contribution in [0, 0.1) is 5.92 Å². The molecular formula is C20H28ClN3O2. The summed E-state index contributed by atoms with van der Waals surface area (Å²) in [4.78, 5) is 30.3. The maximum Gasteiger partial charge on any atom is 0.254 e. The van der Waals surface area contributed by atoms with Crippen molar-refractivity contribution in [1.29, 1.82) is 0 Å². The van der Waals surface area contributed by atoms with Gasteiger partial charge in [0, 0.05) is 37.8 Å². The van der Waals surface area contributed by atoms with Crippen molar-refractivity contribution < 1.29 is 9.59 Å². The van der Waals surface area contributed by atoms with Gasteiger partial charge in [0.2, 0.25) is 5.91 Å². The Morgan fingerprint density at radius 2 is 1.69 bits per heavy atom. The van der Waals surface area contributed by atoms with Crippen LogP contribution < -0.4 is 5.32 Å². The SMILES string of the molecule is Cl.O=C(C1CC2CCCCC2N1C(=O)c1ccccc1)N1CCNCC1. The number of nitrogens with one attached hydrogen (secondary N) is 1. The Balaban J connectivity index is 0.00000196. The molecule has 3 unspecified atom stereocenters. The van der Waals surface area contributed by atoms with Crippen LogP contribution in [0.5, 0.6) is 0 Å². The molecule has 2 saturated heterocycles. The lowest BCUT2D eigenvalue weighted by atomic mass is 9.84. The standard InChI is InChI=1S/C20H27N3O2.ClH/c24-19(15-6-2-1-3-7-15)23-17-9-5-4-8-16(17)14-18(23)20(25)22-12-10-21-11-13-22;/h1-3,6-7,16-18,21H,4-5,8-14H2;1H. The average molecular weight is 378 g/mol. The van der Waals surface area contributed by atoms with Crippen molar-refractivity contribution in [3.63, 3.8) is 0 Å². The molecule has 26 heavy (non-hydrogen) atoms. The number of fused-ring (bicyclic) bond motifs is 1. The number of rotatable bonds is 2. The van der Waals surface area contributed by atoms with Gasteiger partial charge in [-0.15, -0.1) is 12.4 Å². The molecule has 0 spiro atoms. The van der Waals surface area contributed by atoms with Crippen LogP contribution in [-0.2, 0) is 4.79 Å². The van der Waals surface area contributed by atoms with E-state index in [1.165, 1.54) is 6.42 Å². The fraction of sp³-hybridized carbons (Fsp3) is 0.600. The molecule has 5 nitrogen and oxygen atoms in total. The zero-order valence-corrected chi connectivity index (χ0v) is 15.9. The summed E-state index contributed by atoms with van der Waals surface area (Å²) < 4.78 is 0. The van der Waals surface area contributed by atoms with E-state index in [1.807, 2.05) is 40.1 Å². The van der Waals surface area contributed by atoms with E-state index in [0.29, 0.717) is 11.5 Å². The fourth-order valence-electron chi connectivity index (χ4n) is 4.80. The monoisotopic (exact) mass is 377 g/mol. The van der Waals surface area contributed by atoms with E-state index < -0.39 is 0 Å². The molecule has 0 radical (unpaired) electrons. The molecule has 3 aliphatic rings. The molecule has 6 heteroatoms. The summed E-state index contributed by atoms with van der Waals surface area (Å²) in [6.45, 7) is 3.19. The van der Waals surface area contributed by atoms with Gasteiger partial charge in [0.1, 0.15) is 6.04 Å². The van der Waals surface area contributed by atoms with Crippen molar-refractivity contribution in [2.24, 2.45) is 5.92 Å². The summed E-state index contributed by atoms with van der Waals surface area (Å²) in [7, 11) is 0. The highest BCUT2D eigenvalue weighted by Crippen LogP contribution is 2.41. The minimum atomic E-state index is -0.279. The smallest absolute Gasteiger partial charge is 0.254 e. The van der Waals surface area contributed by atoms with E-state index >= 15 is 0 Å². The molecule has 0 bridgehead atoms. The average Bonchev–Trinajstić information content (AvgIpc) is 3.07. The first-order chi connectivity index (χ1) is 12.3. The first-order valence-electron chi connectivity index (χ1n) is 9.63. The van der Waals surface area contributed by atoms with Crippen molar-refractivity contribution in [1.82, 2.24) is 15.1 Å². The van der Waals surface area contributed by atoms with E-state index in [1.54, 1.807) is 0 Å². The number of amides is 2. The van der Waals surface area contributed by atoms with Gasteiger partial charge in [0.05, 0.1) is 0 Å². The summed E-state index contributed by atoms with van der Waals surface area (Å²) in [6, 6.07) is 9.41. The van der Waals surface area contributed by atoms with Gasteiger partial charge < -0.3 is 15.1 Å². The lowest BCUT2D eigenvalue weighted by Gasteiger charge is -2.36. The lowest BCUT2D eigenvalue weighted by molar-refractivity contribution is -0.136. The molecule has 3 atom stereocenters. The number of halogens is 1. The minimum Gasteiger partial charge on any atom is -0.338 e. The largest absolute Gasteiger partial charge is 0.338 e. The maximum atomic E-state index is 13.2. The summed E-state index contributed by atoms with van der Waals surface area (Å²) in [5.41, 5.74) is 0.701. The Labute approximate surface area is 161 Å². The number of likely N-dealkylation sites (tertiary alicyclic amines) is 1. The molecule has 2 heterocycles. The van der Waals surface area contributed by atoms with E-state index in [0.717, 1.165) is 51.9 Å². The molecule has 1 aromatic carbocycles. The Hall–Kier alpha value is -1.59. The fourth-order valence-corrected chi connectivity index (χ4v) is 4.80. The van der Waals surface area contributed by atoms with Gasteiger partial charge in [-0.25, -0.2) is 0 Å². The number of carbonyl (C=O) groups is 2. The zero-order chi connectivity index (χ0) is 17.2. The molecule has 0 aromatic heterocycles. The molecule has 1 aliphatic carbocycles. The van der Waals surface area contributed by atoms with Crippen LogP contribution in [-0.4, -0.2) is 59.9 Å². The number of carbonyl (C=O) groups excluding carboxylic acids is 2. The maximum absolute atomic E-state index is 13.2. The second kappa shape index (κ2) is 8.40. The van der Waals surface area contributed by atoms with Crippen molar-refractivity contribution in [2.75, 3.05) is 26.2 Å². The Morgan fingerprint density at radius 1 is 1.00 bits per heavy atom. The number of benzene rings is 1. The van der Waals surface area contributed by atoms with E-state index in [2.05, 4.69) is 5.32 Å². The summed E-state index contributed by atoms with van der Waals surface area (Å²) in [6.07, 6.45) is 5.41. The first-order valence-corrected chi connectivity index (χ1v) is 9.63. The third kappa shape index (κ3) is 3.60. The van der Waals surface area contributed by atoms with Crippen molar-refractivity contribution >= 4 is 24.2 Å². The van der Waals surface area contributed by atoms with Crippen molar-refractivity contribution in [3.05, 3.63) is 35.9 Å². The van der Waals surface area contributed by atoms with Crippen LogP contribution in [0.4, 0.5) is 0 Å². The lowest BCUT2D eigenvalue weighted by Crippen LogP contribution is -2.54. The molecule has 1 aromatic rings. The summed E-state index contributed by atoms with van der Waals surface area (Å²) in [5.74, 6) is 0.668. The van der Waals surface area contributed by atoms with E-state index in [4.69, 9.17) is 0 Å². The van der Waals surface area contributed by atoms with Gasteiger partial charge >= 0.3 is 0 Å². The number of nitrogens with zero attached hydrogens (tertiary/aromatic N) is 2. The first kappa shape index (κ1) is 19.2. The third-order valence-electron chi connectivity index (χ3n) is 6.06. The number of hydrogen-bond acceptors (Lipinski definition) is 3. The second-order valence-corrected chi connectivity index (χ2v) is 7.52. The van der Waals surface area contributed by atoms with Gasteiger partial charge in [-0.2, -0.15) is 0 Å². The number of piperazine rings is 1. The molecule has 1 saturated carbocycles. The van der Waals surface area contributed by atoms with E-state index in [9.17, 15) is 9.59 Å².